The molecule has 2 heterocycles. The van der Waals surface area contributed by atoms with Crippen molar-refractivity contribution in [3.8, 4) is 11.5 Å². The zero-order valence-electron chi connectivity index (χ0n) is 17.3. The minimum absolute atomic E-state index is 0.132. The van der Waals surface area contributed by atoms with E-state index in [0.717, 1.165) is 24.0 Å². The maximum absolute atomic E-state index is 13.5. The first-order valence-electron chi connectivity index (χ1n) is 10.5. The van der Waals surface area contributed by atoms with Crippen molar-refractivity contribution in [2.75, 3.05) is 19.7 Å². The molecule has 8 heteroatoms. The quantitative estimate of drug-likeness (QED) is 0.640. The number of amides is 1. The fourth-order valence-corrected chi connectivity index (χ4v) is 3.69. The van der Waals surface area contributed by atoms with Crippen molar-refractivity contribution < 1.29 is 18.3 Å². The molecule has 1 saturated heterocycles. The minimum atomic E-state index is -0.385. The molecule has 31 heavy (non-hydrogen) atoms. The highest BCUT2D eigenvalue weighted by molar-refractivity contribution is 5.67. The largest absolute Gasteiger partial charge is 0.450 e. The second kappa shape index (κ2) is 9.70. The van der Waals surface area contributed by atoms with E-state index >= 15 is 0 Å². The van der Waals surface area contributed by atoms with E-state index in [1.54, 1.807) is 24.0 Å². The van der Waals surface area contributed by atoms with E-state index in [2.05, 4.69) is 15.5 Å². The molecule has 1 aromatic heterocycles. The molecule has 162 valence electrons. The Morgan fingerprint density at radius 3 is 2.55 bits per heavy atom. The van der Waals surface area contributed by atoms with Gasteiger partial charge in [0.2, 0.25) is 11.8 Å². The summed E-state index contributed by atoms with van der Waals surface area (Å²) in [5, 5.41) is 12.0. The lowest BCUT2D eigenvalue weighted by Crippen LogP contribution is -2.46. The summed E-state index contributed by atoms with van der Waals surface area (Å²) in [6.45, 7) is 3.37. The van der Waals surface area contributed by atoms with E-state index < -0.39 is 0 Å². The van der Waals surface area contributed by atoms with Gasteiger partial charge in [0, 0.05) is 24.7 Å². The highest BCUT2D eigenvalue weighted by atomic mass is 19.1. The van der Waals surface area contributed by atoms with Gasteiger partial charge in [-0.1, -0.05) is 30.3 Å². The predicted octanol–water partition coefficient (Wildman–Crippen LogP) is 4.18. The number of hydrogen-bond donors (Lipinski definition) is 1. The van der Waals surface area contributed by atoms with Crippen LogP contribution in [0.4, 0.5) is 9.18 Å². The number of nitrogens with one attached hydrogen (secondary N) is 1. The molecule has 7 nitrogen and oxygen atoms in total. The summed E-state index contributed by atoms with van der Waals surface area (Å²) < 4.78 is 24.6. The lowest BCUT2D eigenvalue weighted by molar-refractivity contribution is 0.0942. The molecule has 1 N–H and O–H groups in total. The fraction of sp³-hybridized carbons (Fsp3) is 0.348. The lowest BCUT2D eigenvalue weighted by atomic mass is 10.0. The van der Waals surface area contributed by atoms with Gasteiger partial charge in [-0.2, -0.15) is 0 Å². The Kier molecular flexibility index (Phi) is 6.57. The molecule has 4 rings (SSSR count). The van der Waals surface area contributed by atoms with Gasteiger partial charge < -0.3 is 14.1 Å². The first-order valence-corrected chi connectivity index (χ1v) is 10.5. The predicted molar refractivity (Wildman–Crippen MR) is 113 cm³/mol. The Morgan fingerprint density at radius 2 is 1.87 bits per heavy atom. The number of carbonyl (C=O) groups excluding carboxylic acids is 1. The summed E-state index contributed by atoms with van der Waals surface area (Å²) in [4.78, 5) is 13.7. The standard InChI is InChI=1S/C23H25FN4O3/c1-2-30-23(29)28-14-12-19(13-15-28)25-20(16-8-10-18(24)11-9-16)22-27-26-21(31-22)17-6-4-3-5-7-17/h3-11,19-20,25H,2,12-15H2,1H3. The van der Waals surface area contributed by atoms with E-state index in [9.17, 15) is 9.18 Å². The number of nitrogens with zero attached hydrogens (tertiary/aromatic N) is 3. The van der Waals surface area contributed by atoms with Gasteiger partial charge in [-0.25, -0.2) is 9.18 Å². The molecule has 0 bridgehead atoms. The first-order chi connectivity index (χ1) is 15.1. The zero-order valence-corrected chi connectivity index (χ0v) is 17.3. The molecule has 1 amide bonds. The number of piperidine rings is 1. The Hall–Kier alpha value is -3.26. The smallest absolute Gasteiger partial charge is 0.409 e. The van der Waals surface area contributed by atoms with E-state index in [4.69, 9.17) is 9.15 Å². The van der Waals surface area contributed by atoms with Gasteiger partial charge in [-0.15, -0.1) is 10.2 Å². The van der Waals surface area contributed by atoms with Crippen LogP contribution in [0.5, 0.6) is 0 Å². The maximum atomic E-state index is 13.5. The Balaban J connectivity index is 1.52. The average Bonchev–Trinajstić information content (AvgIpc) is 3.29. The van der Waals surface area contributed by atoms with Crippen LogP contribution in [0.15, 0.2) is 59.0 Å². The molecule has 0 spiro atoms. The molecule has 2 aromatic carbocycles. The SMILES string of the molecule is CCOC(=O)N1CCC(NC(c2ccc(F)cc2)c2nnc(-c3ccccc3)o2)CC1. The second-order valence-electron chi connectivity index (χ2n) is 7.42. The van der Waals surface area contributed by atoms with E-state index in [0.29, 0.717) is 31.5 Å². The van der Waals surface area contributed by atoms with Crippen LogP contribution in [-0.2, 0) is 4.74 Å². The number of aromatic nitrogens is 2. The molecular formula is C23H25FN4O3. The van der Waals surface area contributed by atoms with Crippen LogP contribution >= 0.6 is 0 Å². The summed E-state index contributed by atoms with van der Waals surface area (Å²) in [5.74, 6) is 0.542. The van der Waals surface area contributed by atoms with Crippen molar-refractivity contribution in [1.29, 1.82) is 0 Å². The highest BCUT2D eigenvalue weighted by Crippen LogP contribution is 2.27. The van der Waals surface area contributed by atoms with Crippen molar-refractivity contribution in [2.45, 2.75) is 31.8 Å². The van der Waals surface area contributed by atoms with Crippen molar-refractivity contribution in [1.82, 2.24) is 20.4 Å². The van der Waals surface area contributed by atoms with Gasteiger partial charge in [0.15, 0.2) is 0 Å². The van der Waals surface area contributed by atoms with Crippen molar-refractivity contribution in [3.05, 3.63) is 71.9 Å². The fourth-order valence-electron chi connectivity index (χ4n) is 3.69. The highest BCUT2D eigenvalue weighted by Gasteiger charge is 2.28. The van der Waals surface area contributed by atoms with Crippen LogP contribution in [0.2, 0.25) is 0 Å². The van der Waals surface area contributed by atoms with Crippen LogP contribution in [0, 0.1) is 5.82 Å². The number of rotatable bonds is 6. The van der Waals surface area contributed by atoms with Gasteiger partial charge in [0.05, 0.1) is 6.61 Å². The summed E-state index contributed by atoms with van der Waals surface area (Å²) in [6.07, 6.45) is 1.24. The molecule has 1 aliphatic heterocycles. The van der Waals surface area contributed by atoms with Crippen molar-refractivity contribution >= 4 is 6.09 Å². The molecule has 1 fully saturated rings. The number of carbonyl (C=O) groups is 1. The number of halogens is 1. The van der Waals surface area contributed by atoms with E-state index in [1.165, 1.54) is 12.1 Å². The third-order valence-electron chi connectivity index (χ3n) is 5.33. The first kappa shape index (κ1) is 21.0. The van der Waals surface area contributed by atoms with Gasteiger partial charge in [0.25, 0.3) is 0 Å². The Labute approximate surface area is 180 Å². The van der Waals surface area contributed by atoms with Gasteiger partial charge in [-0.3, -0.25) is 5.32 Å². The minimum Gasteiger partial charge on any atom is -0.450 e. The van der Waals surface area contributed by atoms with E-state index in [1.807, 2.05) is 30.3 Å². The van der Waals surface area contributed by atoms with Gasteiger partial charge in [-0.05, 0) is 49.6 Å². The average molecular weight is 424 g/mol. The number of ether oxygens (including phenoxy) is 1. The molecule has 1 atom stereocenters. The maximum Gasteiger partial charge on any atom is 0.409 e. The molecule has 0 saturated carbocycles. The van der Waals surface area contributed by atoms with Crippen LogP contribution in [0.25, 0.3) is 11.5 Å². The van der Waals surface area contributed by atoms with Crippen LogP contribution in [0.3, 0.4) is 0 Å². The van der Waals surface area contributed by atoms with Crippen LogP contribution in [-0.4, -0.2) is 46.9 Å². The third-order valence-corrected chi connectivity index (χ3v) is 5.33. The Bertz CT molecular complexity index is 986. The molecular weight excluding hydrogens is 399 g/mol. The normalized spacial score (nSPS) is 15.6. The molecule has 1 unspecified atom stereocenters. The Morgan fingerprint density at radius 1 is 1.16 bits per heavy atom. The summed E-state index contributed by atoms with van der Waals surface area (Å²) in [6, 6.07) is 15.6. The van der Waals surface area contributed by atoms with Crippen LogP contribution < -0.4 is 5.32 Å². The monoisotopic (exact) mass is 424 g/mol. The van der Waals surface area contributed by atoms with Gasteiger partial charge >= 0.3 is 6.09 Å². The molecule has 3 aromatic rings. The number of benzene rings is 2. The second-order valence-corrected chi connectivity index (χ2v) is 7.42. The molecule has 0 aliphatic carbocycles. The van der Waals surface area contributed by atoms with E-state index in [-0.39, 0.29) is 24.0 Å². The third kappa shape index (κ3) is 5.08. The molecule has 1 aliphatic rings. The number of hydrogen-bond acceptors (Lipinski definition) is 6. The summed E-state index contributed by atoms with van der Waals surface area (Å²) in [7, 11) is 0. The topological polar surface area (TPSA) is 80.5 Å². The summed E-state index contributed by atoms with van der Waals surface area (Å²) >= 11 is 0. The van der Waals surface area contributed by atoms with Gasteiger partial charge in [0.1, 0.15) is 11.9 Å². The lowest BCUT2D eigenvalue weighted by Gasteiger charge is -2.33. The number of likely N-dealkylation sites (tertiary alicyclic amines) is 1. The van der Waals surface area contributed by atoms with Crippen molar-refractivity contribution in [2.24, 2.45) is 0 Å². The van der Waals surface area contributed by atoms with Crippen molar-refractivity contribution in [3.63, 3.8) is 0 Å². The zero-order chi connectivity index (χ0) is 21.6. The molecule has 0 radical (unpaired) electrons. The van der Waals surface area contributed by atoms with Crippen LogP contribution in [0.1, 0.15) is 37.3 Å². The summed E-state index contributed by atoms with van der Waals surface area (Å²) in [5.41, 5.74) is 1.67.